The van der Waals surface area contributed by atoms with E-state index in [-0.39, 0.29) is 30.8 Å². The molecule has 0 saturated carbocycles. The summed E-state index contributed by atoms with van der Waals surface area (Å²) in [7, 11) is 0. The van der Waals surface area contributed by atoms with Gasteiger partial charge in [-0.3, -0.25) is 0 Å². The Labute approximate surface area is 154 Å². The summed E-state index contributed by atoms with van der Waals surface area (Å²) in [6, 6.07) is 11.9. The predicted molar refractivity (Wildman–Crippen MR) is 103 cm³/mol. The predicted octanol–water partition coefficient (Wildman–Crippen LogP) is 4.06. The van der Waals surface area contributed by atoms with Crippen LogP contribution in [-0.2, 0) is 16.0 Å². The van der Waals surface area contributed by atoms with Gasteiger partial charge in [-0.25, -0.2) is 9.78 Å². The Morgan fingerprint density at radius 3 is 2.46 bits per heavy atom. The Hall–Kier alpha value is -2.04. The Kier molecular flexibility index (Phi) is 9.77. The maximum Gasteiger partial charge on any atom is 0.333 e. The van der Waals surface area contributed by atoms with E-state index >= 15 is 0 Å². The lowest BCUT2D eigenvalue weighted by atomic mass is 10.0. The number of carbonyl (C=O) groups is 1. The van der Waals surface area contributed by atoms with Gasteiger partial charge in [0.05, 0.1) is 6.61 Å². The fourth-order valence-corrected chi connectivity index (χ4v) is 2.11. The van der Waals surface area contributed by atoms with Crippen LogP contribution in [0.15, 0.2) is 48.2 Å². The number of pyridine rings is 1. The number of esters is 1. The van der Waals surface area contributed by atoms with E-state index in [1.54, 1.807) is 20.0 Å². The van der Waals surface area contributed by atoms with E-state index in [0.29, 0.717) is 18.0 Å². The van der Waals surface area contributed by atoms with Gasteiger partial charge >= 0.3 is 5.97 Å². The molecular weight excluding hydrogens is 347 g/mol. The van der Waals surface area contributed by atoms with Crippen LogP contribution in [0, 0.1) is 0 Å². The standard InChI is InChI=1S/C18H20N2O2.2ClH/c1-3-22-18(21)13(2)11-14-6-8-15(9-7-14)12-16-5-4-10-20-17(16)19;;/h4-11H,3,12H2,1-2H3,(H2,19,20);2*1H/b13-11+;;. The first kappa shape index (κ1) is 22.0. The summed E-state index contributed by atoms with van der Waals surface area (Å²) in [6.45, 7) is 3.93. The van der Waals surface area contributed by atoms with Crippen LogP contribution in [0.1, 0.15) is 30.5 Å². The van der Waals surface area contributed by atoms with Crippen molar-refractivity contribution in [2.45, 2.75) is 20.3 Å². The van der Waals surface area contributed by atoms with Gasteiger partial charge in [-0.2, -0.15) is 0 Å². The lowest BCUT2D eigenvalue weighted by molar-refractivity contribution is -0.138. The fourth-order valence-electron chi connectivity index (χ4n) is 2.11. The molecule has 0 fully saturated rings. The van der Waals surface area contributed by atoms with Crippen molar-refractivity contribution >= 4 is 42.7 Å². The number of benzene rings is 1. The molecule has 0 aliphatic rings. The second kappa shape index (κ2) is 10.7. The van der Waals surface area contributed by atoms with Crippen LogP contribution in [0.2, 0.25) is 0 Å². The quantitative estimate of drug-likeness (QED) is 0.638. The number of aromatic nitrogens is 1. The van der Waals surface area contributed by atoms with Crippen LogP contribution in [0.3, 0.4) is 0 Å². The summed E-state index contributed by atoms with van der Waals surface area (Å²) in [5, 5.41) is 0. The summed E-state index contributed by atoms with van der Waals surface area (Å²) < 4.78 is 4.96. The van der Waals surface area contributed by atoms with Crippen LogP contribution < -0.4 is 5.73 Å². The minimum atomic E-state index is -0.283. The van der Waals surface area contributed by atoms with Crippen molar-refractivity contribution in [3.8, 4) is 0 Å². The van der Waals surface area contributed by atoms with Crippen LogP contribution in [0.4, 0.5) is 5.82 Å². The molecule has 1 aromatic heterocycles. The van der Waals surface area contributed by atoms with E-state index in [0.717, 1.165) is 23.1 Å². The number of rotatable bonds is 5. The van der Waals surface area contributed by atoms with Gasteiger partial charge in [0.2, 0.25) is 0 Å². The third-order valence-corrected chi connectivity index (χ3v) is 3.28. The minimum Gasteiger partial charge on any atom is -0.463 e. The number of halogens is 2. The van der Waals surface area contributed by atoms with Crippen molar-refractivity contribution in [1.29, 1.82) is 0 Å². The van der Waals surface area contributed by atoms with E-state index in [4.69, 9.17) is 10.5 Å². The average Bonchev–Trinajstić information content (AvgIpc) is 2.51. The number of hydrogen-bond donors (Lipinski definition) is 1. The lowest BCUT2D eigenvalue weighted by Crippen LogP contribution is -2.04. The highest BCUT2D eigenvalue weighted by molar-refractivity contribution is 5.92. The summed E-state index contributed by atoms with van der Waals surface area (Å²) in [5.41, 5.74) is 9.56. The summed E-state index contributed by atoms with van der Waals surface area (Å²) >= 11 is 0. The Balaban J connectivity index is 0.00000264. The highest BCUT2D eigenvalue weighted by Crippen LogP contribution is 2.16. The van der Waals surface area contributed by atoms with Gasteiger partial charge in [0.25, 0.3) is 0 Å². The van der Waals surface area contributed by atoms with Crippen LogP contribution in [-0.4, -0.2) is 17.6 Å². The zero-order valence-electron chi connectivity index (χ0n) is 13.7. The summed E-state index contributed by atoms with van der Waals surface area (Å²) in [4.78, 5) is 15.7. The van der Waals surface area contributed by atoms with Crippen molar-refractivity contribution in [3.63, 3.8) is 0 Å². The number of hydrogen-bond acceptors (Lipinski definition) is 4. The smallest absolute Gasteiger partial charge is 0.333 e. The molecule has 4 nitrogen and oxygen atoms in total. The van der Waals surface area contributed by atoms with Crippen molar-refractivity contribution in [3.05, 3.63) is 64.9 Å². The molecule has 130 valence electrons. The Morgan fingerprint density at radius 2 is 1.88 bits per heavy atom. The molecule has 0 radical (unpaired) electrons. The van der Waals surface area contributed by atoms with Gasteiger partial charge in [-0.05, 0) is 42.7 Å². The first-order valence-electron chi connectivity index (χ1n) is 7.24. The second-order valence-corrected chi connectivity index (χ2v) is 5.01. The molecule has 0 aliphatic carbocycles. The molecule has 2 N–H and O–H groups in total. The van der Waals surface area contributed by atoms with Gasteiger partial charge in [-0.15, -0.1) is 24.8 Å². The van der Waals surface area contributed by atoms with Crippen LogP contribution >= 0.6 is 24.8 Å². The summed E-state index contributed by atoms with van der Waals surface area (Å²) in [5.74, 6) is 0.277. The molecule has 0 aliphatic heterocycles. The molecule has 6 heteroatoms. The van der Waals surface area contributed by atoms with Gasteiger partial charge in [0.1, 0.15) is 5.82 Å². The van der Waals surface area contributed by atoms with E-state index in [1.165, 1.54) is 0 Å². The first-order chi connectivity index (χ1) is 10.6. The Bertz CT molecular complexity index is 686. The molecule has 0 saturated heterocycles. The Morgan fingerprint density at radius 1 is 1.21 bits per heavy atom. The molecule has 1 heterocycles. The zero-order valence-corrected chi connectivity index (χ0v) is 15.3. The van der Waals surface area contributed by atoms with E-state index in [9.17, 15) is 4.79 Å². The highest BCUT2D eigenvalue weighted by Gasteiger charge is 2.05. The average molecular weight is 369 g/mol. The number of anilines is 1. The van der Waals surface area contributed by atoms with Crippen LogP contribution in [0.5, 0.6) is 0 Å². The second-order valence-electron chi connectivity index (χ2n) is 5.01. The molecule has 0 spiro atoms. The molecule has 2 rings (SSSR count). The number of nitrogens with two attached hydrogens (primary N) is 1. The van der Waals surface area contributed by atoms with Gasteiger partial charge in [0.15, 0.2) is 0 Å². The maximum absolute atomic E-state index is 11.6. The molecule has 1 aromatic carbocycles. The van der Waals surface area contributed by atoms with E-state index in [2.05, 4.69) is 4.98 Å². The summed E-state index contributed by atoms with van der Waals surface area (Å²) in [6.07, 6.45) is 4.24. The molecule has 0 atom stereocenters. The maximum atomic E-state index is 11.6. The molecule has 0 bridgehead atoms. The van der Waals surface area contributed by atoms with Gasteiger partial charge < -0.3 is 10.5 Å². The highest BCUT2D eigenvalue weighted by atomic mass is 35.5. The normalized spacial score (nSPS) is 10.3. The molecule has 0 unspecified atom stereocenters. The molecule has 0 amide bonds. The van der Waals surface area contributed by atoms with Gasteiger partial charge in [0, 0.05) is 18.2 Å². The largest absolute Gasteiger partial charge is 0.463 e. The number of ether oxygens (including phenoxy) is 1. The number of nitrogen functional groups attached to an aromatic ring is 1. The van der Waals surface area contributed by atoms with E-state index in [1.807, 2.05) is 42.5 Å². The monoisotopic (exact) mass is 368 g/mol. The molecule has 24 heavy (non-hydrogen) atoms. The van der Waals surface area contributed by atoms with Crippen molar-refractivity contribution in [1.82, 2.24) is 4.98 Å². The third kappa shape index (κ3) is 6.22. The van der Waals surface area contributed by atoms with E-state index < -0.39 is 0 Å². The SMILES string of the molecule is CCOC(=O)/C(C)=C/c1ccc(Cc2cccnc2N)cc1.Cl.Cl. The fraction of sp³-hybridized carbons (Fsp3) is 0.222. The number of carbonyl (C=O) groups excluding carboxylic acids is 1. The molecule has 2 aromatic rings. The molecular formula is C18H22Cl2N2O2. The lowest BCUT2D eigenvalue weighted by Gasteiger charge is -2.05. The van der Waals surface area contributed by atoms with Gasteiger partial charge in [-0.1, -0.05) is 30.3 Å². The van der Waals surface area contributed by atoms with Crippen LogP contribution in [0.25, 0.3) is 6.08 Å². The first-order valence-corrected chi connectivity index (χ1v) is 7.24. The van der Waals surface area contributed by atoms with Crippen molar-refractivity contribution < 1.29 is 9.53 Å². The number of nitrogens with zero attached hydrogens (tertiary/aromatic N) is 1. The third-order valence-electron chi connectivity index (χ3n) is 3.28. The topological polar surface area (TPSA) is 65.2 Å². The minimum absolute atomic E-state index is 0. The van der Waals surface area contributed by atoms with Crippen molar-refractivity contribution in [2.75, 3.05) is 12.3 Å². The zero-order chi connectivity index (χ0) is 15.9. The van der Waals surface area contributed by atoms with Crippen molar-refractivity contribution in [2.24, 2.45) is 0 Å².